The number of halogens is 1. The molecule has 0 aliphatic carbocycles. The van der Waals surface area contributed by atoms with Gasteiger partial charge < -0.3 is 4.74 Å². The van der Waals surface area contributed by atoms with Gasteiger partial charge in [-0.25, -0.2) is 13.2 Å². The second-order valence-corrected chi connectivity index (χ2v) is 10.7. The van der Waals surface area contributed by atoms with Crippen LogP contribution in [-0.2, 0) is 10.0 Å². The first-order valence-electron chi connectivity index (χ1n) is 11.6. The van der Waals surface area contributed by atoms with Crippen LogP contribution in [0.1, 0.15) is 26.3 Å². The van der Waals surface area contributed by atoms with E-state index in [0.29, 0.717) is 14.9 Å². The van der Waals surface area contributed by atoms with Gasteiger partial charge in [0, 0.05) is 34.9 Å². The number of nitrogens with zero attached hydrogens (tertiary/aromatic N) is 3. The first-order chi connectivity index (χ1) is 19.4. The number of carbonyl (C=O) groups is 2. The number of hydrogen-bond donors (Lipinski definition) is 0. The maximum atomic E-state index is 13.7. The Kier molecular flexibility index (Phi) is 8.12. The SMILES string of the molecule is Cc1cc(S(=O)(=O)N(C(=O)c2ccc([N+](=O)[O-])cc2)c2ccc(OC(=O)c3ccc([N+](=O)[O-])cc3)cc2)ccc1Cl. The van der Waals surface area contributed by atoms with E-state index in [1.54, 1.807) is 6.92 Å². The zero-order valence-electron chi connectivity index (χ0n) is 21.0. The molecule has 0 saturated heterocycles. The third-order valence-corrected chi connectivity index (χ3v) is 7.90. The summed E-state index contributed by atoms with van der Waals surface area (Å²) in [5.74, 6) is -1.82. The van der Waals surface area contributed by atoms with Gasteiger partial charge in [-0.05, 0) is 79.2 Å². The standard InChI is InChI=1S/C27H18ClN3O9S/c1-17-16-24(14-15-25(17)28)41(38,39)29(26(32)18-2-6-21(7-3-18)30(34)35)20-10-12-23(13-11-20)40-27(33)19-4-8-22(9-5-19)31(36)37/h2-16H,1H3. The van der Waals surface area contributed by atoms with Crippen LogP contribution in [0.2, 0.25) is 5.02 Å². The van der Waals surface area contributed by atoms with Crippen molar-refractivity contribution in [2.24, 2.45) is 0 Å². The van der Waals surface area contributed by atoms with Crippen LogP contribution < -0.4 is 9.04 Å². The number of carbonyl (C=O) groups excluding carboxylic acids is 2. The average molecular weight is 596 g/mol. The highest BCUT2D eigenvalue weighted by Gasteiger charge is 2.32. The molecule has 0 radical (unpaired) electrons. The van der Waals surface area contributed by atoms with E-state index < -0.39 is 31.7 Å². The fourth-order valence-corrected chi connectivity index (χ4v) is 5.24. The second-order valence-electron chi connectivity index (χ2n) is 8.48. The lowest BCUT2D eigenvalue weighted by Gasteiger charge is -2.23. The van der Waals surface area contributed by atoms with Crippen LogP contribution in [0.4, 0.5) is 17.1 Å². The van der Waals surface area contributed by atoms with Crippen LogP contribution >= 0.6 is 11.6 Å². The highest BCUT2D eigenvalue weighted by atomic mass is 35.5. The Bertz CT molecular complexity index is 1770. The Labute approximate surface area is 237 Å². The largest absolute Gasteiger partial charge is 0.423 e. The lowest BCUT2D eigenvalue weighted by molar-refractivity contribution is -0.385. The summed E-state index contributed by atoms with van der Waals surface area (Å²) in [5, 5.41) is 22.2. The number of ether oxygens (including phenoxy) is 1. The number of esters is 1. The highest BCUT2D eigenvalue weighted by molar-refractivity contribution is 7.93. The summed E-state index contributed by atoms with van der Waals surface area (Å²) in [5.41, 5.74) is -0.266. The topological polar surface area (TPSA) is 167 Å². The van der Waals surface area contributed by atoms with Crippen molar-refractivity contribution in [1.82, 2.24) is 0 Å². The van der Waals surface area contributed by atoms with Crippen molar-refractivity contribution in [3.8, 4) is 5.75 Å². The number of anilines is 1. The van der Waals surface area contributed by atoms with E-state index >= 15 is 0 Å². The van der Waals surface area contributed by atoms with Gasteiger partial charge in [0.15, 0.2) is 0 Å². The number of nitro groups is 2. The number of aryl methyl sites for hydroxylation is 1. The molecule has 1 amide bonds. The third kappa shape index (κ3) is 6.21. The van der Waals surface area contributed by atoms with Gasteiger partial charge in [-0.2, -0.15) is 4.31 Å². The Morgan fingerprint density at radius 1 is 0.780 bits per heavy atom. The molecule has 208 valence electrons. The Balaban J connectivity index is 1.69. The molecule has 14 heteroatoms. The second kappa shape index (κ2) is 11.5. The minimum Gasteiger partial charge on any atom is -0.423 e. The first-order valence-corrected chi connectivity index (χ1v) is 13.4. The van der Waals surface area contributed by atoms with Crippen LogP contribution in [0.25, 0.3) is 0 Å². The molecule has 4 aromatic carbocycles. The maximum Gasteiger partial charge on any atom is 0.343 e. The molecule has 0 aliphatic rings. The number of benzene rings is 4. The average Bonchev–Trinajstić information content (AvgIpc) is 2.95. The van der Waals surface area contributed by atoms with Gasteiger partial charge in [-0.3, -0.25) is 25.0 Å². The molecular formula is C27H18ClN3O9S. The van der Waals surface area contributed by atoms with Gasteiger partial charge >= 0.3 is 5.97 Å². The van der Waals surface area contributed by atoms with Crippen LogP contribution in [0.3, 0.4) is 0 Å². The molecule has 0 fully saturated rings. The maximum absolute atomic E-state index is 13.7. The number of nitro benzene ring substituents is 2. The summed E-state index contributed by atoms with van der Waals surface area (Å²) in [4.78, 5) is 46.4. The summed E-state index contributed by atoms with van der Waals surface area (Å²) in [7, 11) is -4.53. The van der Waals surface area contributed by atoms with Crippen molar-refractivity contribution in [2.45, 2.75) is 11.8 Å². The van der Waals surface area contributed by atoms with Gasteiger partial charge in [0.1, 0.15) is 5.75 Å². The summed E-state index contributed by atoms with van der Waals surface area (Å²) in [6.45, 7) is 1.60. The molecular weight excluding hydrogens is 578 g/mol. The van der Waals surface area contributed by atoms with Crippen molar-refractivity contribution in [2.75, 3.05) is 4.31 Å². The first kappa shape index (κ1) is 28.9. The fourth-order valence-electron chi connectivity index (χ4n) is 3.63. The Morgan fingerprint density at radius 3 is 1.78 bits per heavy atom. The van der Waals surface area contributed by atoms with E-state index in [1.807, 2.05) is 0 Å². The molecule has 0 spiro atoms. The highest BCUT2D eigenvalue weighted by Crippen LogP contribution is 2.30. The van der Waals surface area contributed by atoms with Crippen molar-refractivity contribution in [3.05, 3.63) is 133 Å². The number of amides is 1. The molecule has 0 atom stereocenters. The van der Waals surface area contributed by atoms with Crippen LogP contribution in [0, 0.1) is 27.2 Å². The molecule has 4 rings (SSSR count). The van der Waals surface area contributed by atoms with Gasteiger partial charge in [-0.1, -0.05) is 11.6 Å². The van der Waals surface area contributed by atoms with Crippen molar-refractivity contribution in [3.63, 3.8) is 0 Å². The van der Waals surface area contributed by atoms with E-state index in [2.05, 4.69) is 0 Å². The van der Waals surface area contributed by atoms with Gasteiger partial charge in [0.2, 0.25) is 0 Å². The van der Waals surface area contributed by atoms with Crippen molar-refractivity contribution < 1.29 is 32.6 Å². The molecule has 4 aromatic rings. The molecule has 0 N–H and O–H groups in total. The Morgan fingerprint density at radius 2 is 1.29 bits per heavy atom. The molecule has 0 aliphatic heterocycles. The molecule has 0 unspecified atom stereocenters. The van der Waals surface area contributed by atoms with Gasteiger partial charge in [0.05, 0.1) is 26.0 Å². The van der Waals surface area contributed by atoms with E-state index in [0.717, 1.165) is 36.4 Å². The van der Waals surface area contributed by atoms with Crippen molar-refractivity contribution >= 4 is 50.6 Å². The lowest BCUT2D eigenvalue weighted by atomic mass is 10.2. The zero-order chi connectivity index (χ0) is 29.9. The number of rotatable bonds is 8. The zero-order valence-corrected chi connectivity index (χ0v) is 22.5. The fraction of sp³-hybridized carbons (Fsp3) is 0.0370. The predicted octanol–water partition coefficient (Wildman–Crippen LogP) is 5.72. The normalized spacial score (nSPS) is 11.0. The number of non-ortho nitro benzene ring substituents is 2. The van der Waals surface area contributed by atoms with Gasteiger partial charge in [0.25, 0.3) is 27.3 Å². The molecule has 12 nitrogen and oxygen atoms in total. The van der Waals surface area contributed by atoms with Crippen LogP contribution in [0.15, 0.2) is 95.9 Å². The minimum atomic E-state index is -4.53. The third-order valence-electron chi connectivity index (χ3n) is 5.77. The monoisotopic (exact) mass is 595 g/mol. The smallest absolute Gasteiger partial charge is 0.343 e. The van der Waals surface area contributed by atoms with Crippen LogP contribution in [0.5, 0.6) is 5.75 Å². The lowest BCUT2D eigenvalue weighted by Crippen LogP contribution is -2.37. The molecule has 41 heavy (non-hydrogen) atoms. The number of hydrogen-bond acceptors (Lipinski definition) is 9. The molecule has 0 heterocycles. The van der Waals surface area contributed by atoms with E-state index in [-0.39, 0.29) is 38.8 Å². The molecule has 0 aromatic heterocycles. The molecule has 0 saturated carbocycles. The molecule has 0 bridgehead atoms. The quantitative estimate of drug-likeness (QED) is 0.107. The van der Waals surface area contributed by atoms with Crippen molar-refractivity contribution in [1.29, 1.82) is 0 Å². The minimum absolute atomic E-state index is 0.000395. The Hall–Kier alpha value is -5.14. The van der Waals surface area contributed by atoms with Crippen LogP contribution in [-0.4, -0.2) is 30.1 Å². The summed E-state index contributed by atoms with van der Waals surface area (Å²) >= 11 is 6.05. The summed E-state index contributed by atoms with van der Waals surface area (Å²) in [6, 6.07) is 18.1. The van der Waals surface area contributed by atoms with E-state index in [9.17, 15) is 38.2 Å². The summed E-state index contributed by atoms with van der Waals surface area (Å²) < 4.78 is 33.3. The predicted molar refractivity (Wildman–Crippen MR) is 148 cm³/mol. The number of sulfonamides is 1. The van der Waals surface area contributed by atoms with E-state index in [4.69, 9.17) is 16.3 Å². The van der Waals surface area contributed by atoms with Gasteiger partial charge in [-0.15, -0.1) is 0 Å². The van der Waals surface area contributed by atoms with E-state index in [1.165, 1.54) is 54.6 Å². The summed E-state index contributed by atoms with van der Waals surface area (Å²) in [6.07, 6.45) is 0.